The highest BCUT2D eigenvalue weighted by atomic mass is 16.4. The first kappa shape index (κ1) is 19.0. The number of rotatable bonds is 5. The molecule has 0 aliphatic heterocycles. The summed E-state index contributed by atoms with van der Waals surface area (Å²) in [7, 11) is 49.3. The Morgan fingerprint density at radius 1 is 0.737 bits per heavy atom. The van der Waals surface area contributed by atoms with Crippen molar-refractivity contribution in [2.24, 2.45) is 11.5 Å². The quantitative estimate of drug-likeness (QED) is 0.417. The third-order valence-electron chi connectivity index (χ3n) is 3.12. The van der Waals surface area contributed by atoms with Crippen molar-refractivity contribution < 1.29 is 9.90 Å². The van der Waals surface area contributed by atoms with Crippen LogP contribution in [0.5, 0.6) is 0 Å². The topological polar surface area (TPSA) is 89.3 Å². The second kappa shape index (κ2) is 4.76. The van der Waals surface area contributed by atoms with Gasteiger partial charge in [-0.25, -0.2) is 0 Å². The third kappa shape index (κ3) is 2.60. The van der Waals surface area contributed by atoms with Crippen molar-refractivity contribution >= 4 is 76.6 Å². The highest BCUT2D eigenvalue weighted by Crippen LogP contribution is 2.61. The molecule has 0 aromatic carbocycles. The van der Waals surface area contributed by atoms with Crippen LogP contribution in [0.15, 0.2) is 0 Å². The van der Waals surface area contributed by atoms with Crippen LogP contribution < -0.4 is 11.5 Å². The minimum atomic E-state index is -2.80. The van der Waals surface area contributed by atoms with Gasteiger partial charge < -0.3 is 16.6 Å². The van der Waals surface area contributed by atoms with Gasteiger partial charge in [0.25, 0.3) is 0 Å². The molecule has 0 bridgehead atoms. The summed E-state index contributed by atoms with van der Waals surface area (Å²) >= 11 is 0. The van der Waals surface area contributed by atoms with Crippen LogP contribution in [0.3, 0.4) is 0 Å². The molecule has 0 aliphatic rings. The zero-order valence-corrected chi connectivity index (χ0v) is 10.2. The van der Waals surface area contributed by atoms with Crippen LogP contribution >= 0.6 is 0 Å². The van der Waals surface area contributed by atoms with Crippen molar-refractivity contribution in [2.45, 2.75) is 26.4 Å². The second-order valence-electron chi connectivity index (χ2n) is 4.71. The fourth-order valence-corrected chi connectivity index (χ4v) is 1.22. The molecule has 13 heteroatoms. The molecule has 0 saturated heterocycles. The molecule has 0 heterocycles. The number of carboxylic acids is 1. The standard InChI is InChI=1S/C6H5B9N2O2/c7-2(16,1(18)19)3(8,9)4(10,11)5(12,13)6(14,15)17/h16-17H2,(H,18,19). The van der Waals surface area contributed by atoms with E-state index >= 15 is 0 Å². The van der Waals surface area contributed by atoms with E-state index in [1.807, 2.05) is 0 Å². The number of carbonyl (C=O) groups is 1. The second-order valence-corrected chi connectivity index (χ2v) is 4.71. The summed E-state index contributed by atoms with van der Waals surface area (Å²) in [5.74, 6) is -1.81. The number of nitrogens with two attached hydrogens (primary N) is 2. The van der Waals surface area contributed by atoms with Crippen LogP contribution in [0.2, 0.25) is 15.6 Å². The molecule has 5 N–H and O–H groups in total. The number of carboxylic acid groups (broad SMARTS) is 1. The molecule has 4 nitrogen and oxygen atoms in total. The van der Waals surface area contributed by atoms with Gasteiger partial charge in [0.2, 0.25) is 0 Å². The van der Waals surface area contributed by atoms with Crippen molar-refractivity contribution in [1.82, 2.24) is 0 Å². The van der Waals surface area contributed by atoms with E-state index in [1.165, 1.54) is 0 Å². The monoisotopic (exact) mass is 236 g/mol. The lowest BCUT2D eigenvalue weighted by atomic mass is 9.10. The fourth-order valence-electron chi connectivity index (χ4n) is 1.22. The van der Waals surface area contributed by atoms with Crippen molar-refractivity contribution in [1.29, 1.82) is 0 Å². The molecular weight excluding hydrogens is 229 g/mol. The molecule has 0 amide bonds. The van der Waals surface area contributed by atoms with E-state index in [4.69, 9.17) is 87.2 Å². The predicted molar refractivity (Wildman–Crippen MR) is 81.3 cm³/mol. The van der Waals surface area contributed by atoms with Gasteiger partial charge in [-0.1, -0.05) is 10.6 Å². The first-order valence-electron chi connectivity index (χ1n) is 4.85. The van der Waals surface area contributed by atoms with Crippen LogP contribution in [-0.2, 0) is 4.79 Å². The van der Waals surface area contributed by atoms with E-state index in [0.717, 1.165) is 0 Å². The van der Waals surface area contributed by atoms with Gasteiger partial charge in [0.1, 0.15) is 7.85 Å². The van der Waals surface area contributed by atoms with E-state index in [1.54, 1.807) is 0 Å². The van der Waals surface area contributed by atoms with Crippen molar-refractivity contribution in [2.75, 3.05) is 0 Å². The van der Waals surface area contributed by atoms with Crippen LogP contribution in [0.4, 0.5) is 0 Å². The molecule has 0 aliphatic carbocycles. The molecule has 0 spiro atoms. The van der Waals surface area contributed by atoms with Gasteiger partial charge in [0, 0.05) is 0 Å². The Bertz CT molecular complexity index is 375. The van der Waals surface area contributed by atoms with E-state index in [9.17, 15) is 4.79 Å². The lowest BCUT2D eigenvalue weighted by molar-refractivity contribution is -0.140. The number of aliphatic carboxylic acids is 1. The van der Waals surface area contributed by atoms with Crippen LogP contribution in [0, 0.1) is 0 Å². The Morgan fingerprint density at radius 3 is 1.26 bits per heavy atom. The summed E-state index contributed by atoms with van der Waals surface area (Å²) < 4.78 is 0. The third-order valence-corrected chi connectivity index (χ3v) is 3.12. The summed E-state index contributed by atoms with van der Waals surface area (Å²) in [5.41, 5.74) is 7.82. The average Bonchev–Trinajstić information content (AvgIpc) is 2.14. The van der Waals surface area contributed by atoms with Gasteiger partial charge in [0.15, 0.2) is 0 Å². The Balaban J connectivity index is 5.99. The summed E-state index contributed by atoms with van der Waals surface area (Å²) in [6, 6.07) is 0. The van der Waals surface area contributed by atoms with Gasteiger partial charge >= 0.3 is 5.97 Å². The smallest absolute Gasteiger partial charge is 0.313 e. The molecule has 0 rings (SSSR count). The lowest BCUT2D eigenvalue weighted by Crippen LogP contribution is -2.69. The maximum absolute atomic E-state index is 11.0. The Morgan fingerprint density at radius 2 is 1.05 bits per heavy atom. The highest BCUT2D eigenvalue weighted by molar-refractivity contribution is 6.67. The van der Waals surface area contributed by atoms with E-state index < -0.39 is 32.4 Å². The normalized spacial score (nSPS) is 17.6. The summed E-state index contributed by atoms with van der Waals surface area (Å²) in [5, 5.41) is -1.35. The van der Waals surface area contributed by atoms with Crippen LogP contribution in [0.25, 0.3) is 0 Å². The Kier molecular flexibility index (Phi) is 4.76. The molecule has 1 atom stereocenters. The summed E-state index contributed by atoms with van der Waals surface area (Å²) in [4.78, 5) is 11.0. The van der Waals surface area contributed by atoms with Crippen molar-refractivity contribution in [3.8, 4) is 0 Å². The van der Waals surface area contributed by atoms with Crippen LogP contribution in [0.1, 0.15) is 0 Å². The Hall–Kier alpha value is -0.0256. The van der Waals surface area contributed by atoms with Crippen molar-refractivity contribution in [3.05, 3.63) is 0 Å². The molecular formula is C6H5B9N2O2. The summed E-state index contributed by atoms with van der Waals surface area (Å²) in [6.07, 6.45) is 0. The maximum Gasteiger partial charge on any atom is 0.313 e. The number of hydrogen-bond donors (Lipinski definition) is 3. The van der Waals surface area contributed by atoms with Crippen molar-refractivity contribution in [3.63, 3.8) is 0 Å². The first-order valence-corrected chi connectivity index (χ1v) is 4.85. The predicted octanol–water partition coefficient (Wildman–Crippen LogP) is -4.80. The fraction of sp³-hybridized carbons (Fsp3) is 0.833. The zero-order valence-electron chi connectivity index (χ0n) is 10.2. The Labute approximate surface area is 125 Å². The molecule has 1 unspecified atom stereocenters. The minimum absolute atomic E-state index is 1.81. The average molecular weight is 234 g/mol. The molecule has 18 radical (unpaired) electrons. The van der Waals surface area contributed by atoms with Gasteiger partial charge in [0.05, 0.1) is 68.2 Å². The van der Waals surface area contributed by atoms with Gasteiger partial charge in [-0.2, -0.15) is 0 Å². The van der Waals surface area contributed by atoms with Gasteiger partial charge in [-0.3, -0.25) is 4.79 Å². The molecule has 0 fully saturated rings. The molecule has 0 aromatic heterocycles. The van der Waals surface area contributed by atoms with E-state index in [2.05, 4.69) is 0 Å². The van der Waals surface area contributed by atoms with E-state index in [0.29, 0.717) is 0 Å². The largest absolute Gasteiger partial charge is 0.480 e. The van der Waals surface area contributed by atoms with Gasteiger partial charge in [-0.05, 0) is 0 Å². The molecule has 78 valence electrons. The highest BCUT2D eigenvalue weighted by Gasteiger charge is 2.57. The number of hydrogen-bond acceptors (Lipinski definition) is 3. The molecule has 0 aromatic rings. The molecule has 19 heavy (non-hydrogen) atoms. The zero-order chi connectivity index (χ0) is 16.1. The SMILES string of the molecule is [B]C([B])(N)C([B])([B])C([B])([B])C([B])([B])C([B])(N)C(=O)O. The van der Waals surface area contributed by atoms with Gasteiger partial charge in [-0.15, -0.1) is 10.4 Å². The lowest BCUT2D eigenvalue weighted by Gasteiger charge is -2.64. The molecule has 0 saturated carbocycles. The maximum atomic E-state index is 11.0. The van der Waals surface area contributed by atoms with E-state index in [-0.39, 0.29) is 0 Å². The van der Waals surface area contributed by atoms with Crippen LogP contribution in [-0.4, -0.2) is 92.5 Å². The minimum Gasteiger partial charge on any atom is -0.480 e. The summed E-state index contributed by atoms with van der Waals surface area (Å²) in [6.45, 7) is 0. The first-order chi connectivity index (χ1) is 7.94.